The van der Waals surface area contributed by atoms with Crippen molar-refractivity contribution in [2.24, 2.45) is 5.92 Å². The molecule has 1 saturated carbocycles. The van der Waals surface area contributed by atoms with Gasteiger partial charge in [0.2, 0.25) is 0 Å². The van der Waals surface area contributed by atoms with E-state index in [9.17, 15) is 9.90 Å². The van der Waals surface area contributed by atoms with Gasteiger partial charge in [0.15, 0.2) is 0 Å². The van der Waals surface area contributed by atoms with Gasteiger partial charge < -0.3 is 19.7 Å². The molecule has 36 heavy (non-hydrogen) atoms. The van der Waals surface area contributed by atoms with Gasteiger partial charge in [0, 0.05) is 37.9 Å². The van der Waals surface area contributed by atoms with Gasteiger partial charge in [-0.2, -0.15) is 0 Å². The fraction of sp³-hybridized carbons (Fsp3) is 0.500. The highest BCUT2D eigenvalue weighted by molar-refractivity contribution is 5.66. The minimum atomic E-state index is -0.772. The van der Waals surface area contributed by atoms with Crippen molar-refractivity contribution in [2.75, 3.05) is 26.3 Å². The van der Waals surface area contributed by atoms with Gasteiger partial charge in [-0.25, -0.2) is 0 Å². The molecule has 194 valence electrons. The average Bonchev–Trinajstić information content (AvgIpc) is 3.20. The molecule has 2 N–H and O–H groups in total. The third kappa shape index (κ3) is 7.26. The molecule has 0 spiro atoms. The van der Waals surface area contributed by atoms with Crippen molar-refractivity contribution in [3.63, 3.8) is 0 Å². The first kappa shape index (κ1) is 26.6. The van der Waals surface area contributed by atoms with E-state index in [2.05, 4.69) is 66.4 Å². The summed E-state index contributed by atoms with van der Waals surface area (Å²) in [6, 6.07) is 17.1. The van der Waals surface area contributed by atoms with Gasteiger partial charge in [0.05, 0.1) is 32.0 Å². The highest BCUT2D eigenvalue weighted by Crippen LogP contribution is 2.37. The minimum Gasteiger partial charge on any atom is -0.481 e. The summed E-state index contributed by atoms with van der Waals surface area (Å²) in [5.74, 6) is -0.555. The number of aliphatic carboxylic acids is 1. The molecule has 1 aliphatic carbocycles. The Labute approximate surface area is 214 Å². The first-order chi connectivity index (χ1) is 17.5. The molecule has 0 aromatic heterocycles. The Kier molecular flexibility index (Phi) is 9.70. The van der Waals surface area contributed by atoms with Gasteiger partial charge in [-0.1, -0.05) is 66.2 Å². The van der Waals surface area contributed by atoms with E-state index < -0.39 is 12.1 Å². The normalized spacial score (nSPS) is 24.9. The fourth-order valence-electron chi connectivity index (χ4n) is 5.47. The second kappa shape index (κ2) is 13.2. The lowest BCUT2D eigenvalue weighted by Crippen LogP contribution is -2.50. The molecule has 0 bridgehead atoms. The highest BCUT2D eigenvalue weighted by Gasteiger charge is 2.45. The number of ether oxygens (including phenoxy) is 2. The number of nitrogens with zero attached hydrogens (tertiary/aromatic N) is 1. The zero-order valence-electron chi connectivity index (χ0n) is 21.2. The molecular weight excluding hydrogens is 454 g/mol. The van der Waals surface area contributed by atoms with Crippen LogP contribution in [0.25, 0.3) is 11.1 Å². The maximum absolute atomic E-state index is 11.0. The van der Waals surface area contributed by atoms with E-state index in [1.807, 2.05) is 6.08 Å². The molecule has 2 aromatic carbocycles. The van der Waals surface area contributed by atoms with Crippen LogP contribution >= 0.6 is 0 Å². The number of aryl methyl sites for hydroxylation is 1. The minimum absolute atomic E-state index is 0.0166. The van der Waals surface area contributed by atoms with Crippen LogP contribution in [0.5, 0.6) is 0 Å². The molecule has 2 aliphatic rings. The number of aliphatic hydroxyl groups excluding tert-OH is 1. The molecule has 4 atom stereocenters. The third-order valence-corrected chi connectivity index (χ3v) is 7.41. The Hall–Kier alpha value is -2.51. The molecule has 0 unspecified atom stereocenters. The molecule has 2 fully saturated rings. The Morgan fingerprint density at radius 3 is 2.33 bits per heavy atom. The van der Waals surface area contributed by atoms with Crippen molar-refractivity contribution >= 4 is 5.97 Å². The van der Waals surface area contributed by atoms with Crippen LogP contribution in [-0.4, -0.2) is 65.6 Å². The van der Waals surface area contributed by atoms with Crippen molar-refractivity contribution < 1.29 is 24.5 Å². The topological polar surface area (TPSA) is 79.2 Å². The average molecular weight is 494 g/mol. The van der Waals surface area contributed by atoms with Gasteiger partial charge in [-0.15, -0.1) is 0 Å². The number of allylic oxidation sites excluding steroid dienone is 2. The highest BCUT2D eigenvalue weighted by atomic mass is 16.5. The first-order valence-electron chi connectivity index (χ1n) is 13.2. The third-order valence-electron chi connectivity index (χ3n) is 7.41. The summed E-state index contributed by atoms with van der Waals surface area (Å²) >= 11 is 0. The maximum Gasteiger partial charge on any atom is 0.303 e. The quantitative estimate of drug-likeness (QED) is 0.437. The van der Waals surface area contributed by atoms with Gasteiger partial charge in [-0.3, -0.25) is 9.69 Å². The molecule has 0 amide bonds. The second-order valence-electron chi connectivity index (χ2n) is 10.00. The lowest BCUT2D eigenvalue weighted by molar-refractivity contribution is -0.136. The van der Waals surface area contributed by atoms with Gasteiger partial charge in [0.1, 0.15) is 0 Å². The van der Waals surface area contributed by atoms with E-state index in [0.717, 1.165) is 31.5 Å². The number of carboxylic acids is 1. The van der Waals surface area contributed by atoms with E-state index in [1.54, 1.807) is 0 Å². The van der Waals surface area contributed by atoms with Crippen LogP contribution in [0.4, 0.5) is 0 Å². The molecule has 4 rings (SSSR count). The molecule has 1 saturated heterocycles. The van der Waals surface area contributed by atoms with Crippen LogP contribution in [0.1, 0.15) is 43.2 Å². The van der Waals surface area contributed by atoms with E-state index >= 15 is 0 Å². The van der Waals surface area contributed by atoms with E-state index in [0.29, 0.717) is 32.7 Å². The smallest absolute Gasteiger partial charge is 0.303 e. The molecule has 6 nitrogen and oxygen atoms in total. The zero-order valence-corrected chi connectivity index (χ0v) is 21.2. The van der Waals surface area contributed by atoms with Crippen LogP contribution in [0, 0.1) is 12.8 Å². The van der Waals surface area contributed by atoms with Crippen LogP contribution in [0.2, 0.25) is 0 Å². The molecule has 6 heteroatoms. The lowest BCUT2D eigenvalue weighted by atomic mass is 9.93. The number of aliphatic hydroxyl groups is 1. The maximum atomic E-state index is 11.0. The van der Waals surface area contributed by atoms with E-state index in [4.69, 9.17) is 14.6 Å². The Morgan fingerprint density at radius 1 is 1.03 bits per heavy atom. The molecule has 1 heterocycles. The summed E-state index contributed by atoms with van der Waals surface area (Å²) in [6.07, 6.45) is 6.69. The number of hydrogen-bond donors (Lipinski definition) is 2. The standard InChI is InChI=1S/C30H39NO5/c1-22-8-12-24(13-9-22)25-14-10-23(11-15-25)21-36-28-20-27(32)30(31-16-18-35-19-17-31)26(28)6-4-2-3-5-7-29(33)34/h2-3,8-15,26-28,30,32H,4-7,16-21H2,1H3,(H,33,34)/b3-2-/t26-,27+,28-,30+/m0/s1. The fourth-order valence-corrected chi connectivity index (χ4v) is 5.47. The van der Waals surface area contributed by atoms with Crippen molar-refractivity contribution in [1.82, 2.24) is 4.90 Å². The van der Waals surface area contributed by atoms with Crippen LogP contribution in [0.15, 0.2) is 60.7 Å². The van der Waals surface area contributed by atoms with Crippen molar-refractivity contribution in [3.05, 3.63) is 71.8 Å². The summed E-state index contributed by atoms with van der Waals surface area (Å²) in [5.41, 5.74) is 4.78. The summed E-state index contributed by atoms with van der Waals surface area (Å²) in [5, 5.41) is 19.8. The molecule has 2 aromatic rings. The number of hydrogen-bond acceptors (Lipinski definition) is 5. The van der Waals surface area contributed by atoms with Gasteiger partial charge in [-0.05, 0) is 42.9 Å². The predicted molar refractivity (Wildman–Crippen MR) is 141 cm³/mol. The predicted octanol–water partition coefficient (Wildman–Crippen LogP) is 4.83. The SMILES string of the molecule is Cc1ccc(-c2ccc(CO[C@H]3C[C@@H](O)[C@H](N4CCOCC4)[C@H]3CC/C=C\CCC(=O)O)cc2)cc1. The van der Waals surface area contributed by atoms with Crippen LogP contribution in [0.3, 0.4) is 0 Å². The number of carbonyl (C=O) groups is 1. The Bertz CT molecular complexity index is 981. The number of morpholine rings is 1. The Balaban J connectivity index is 1.38. The van der Waals surface area contributed by atoms with E-state index in [-0.39, 0.29) is 24.5 Å². The largest absolute Gasteiger partial charge is 0.481 e. The van der Waals surface area contributed by atoms with Crippen molar-refractivity contribution in [1.29, 1.82) is 0 Å². The van der Waals surface area contributed by atoms with E-state index in [1.165, 1.54) is 16.7 Å². The summed E-state index contributed by atoms with van der Waals surface area (Å²) in [4.78, 5) is 13.1. The summed E-state index contributed by atoms with van der Waals surface area (Å²) < 4.78 is 12.0. The van der Waals surface area contributed by atoms with Crippen LogP contribution < -0.4 is 0 Å². The summed E-state index contributed by atoms with van der Waals surface area (Å²) in [7, 11) is 0. The monoisotopic (exact) mass is 493 g/mol. The number of benzene rings is 2. The van der Waals surface area contributed by atoms with Gasteiger partial charge >= 0.3 is 5.97 Å². The Morgan fingerprint density at radius 2 is 1.67 bits per heavy atom. The summed E-state index contributed by atoms with van der Waals surface area (Å²) in [6.45, 7) is 5.68. The molecule has 0 radical (unpaired) electrons. The van der Waals surface area contributed by atoms with Crippen LogP contribution in [-0.2, 0) is 20.9 Å². The number of carboxylic acid groups (broad SMARTS) is 1. The first-order valence-corrected chi connectivity index (χ1v) is 13.2. The zero-order chi connectivity index (χ0) is 25.3. The second-order valence-corrected chi connectivity index (χ2v) is 10.00. The molecule has 1 aliphatic heterocycles. The van der Waals surface area contributed by atoms with Crippen molar-refractivity contribution in [3.8, 4) is 11.1 Å². The van der Waals surface area contributed by atoms with Gasteiger partial charge in [0.25, 0.3) is 0 Å². The lowest BCUT2D eigenvalue weighted by Gasteiger charge is -2.38. The molecular formula is C30H39NO5. The number of rotatable bonds is 11. The van der Waals surface area contributed by atoms with Crippen molar-refractivity contribution in [2.45, 2.75) is 63.9 Å².